The normalized spacial score (nSPS) is 16.3. The molecule has 8 heteroatoms. The maximum atomic E-state index is 6.08. The molecule has 0 bridgehead atoms. The Morgan fingerprint density at radius 1 is 0.738 bits per heavy atom. The minimum absolute atomic E-state index is 0.126. The summed E-state index contributed by atoms with van der Waals surface area (Å²) >= 11 is 5.97. The molecule has 0 unspecified atom stereocenters. The zero-order valence-corrected chi connectivity index (χ0v) is 24.8. The monoisotopic (exact) mass is 576 g/mol. The van der Waals surface area contributed by atoms with E-state index >= 15 is 0 Å². The third-order valence-electron chi connectivity index (χ3n) is 7.63. The number of aromatic nitrogens is 2. The molecule has 0 amide bonds. The molecule has 2 atom stereocenters. The zero-order valence-electron chi connectivity index (χ0n) is 23.9. The van der Waals surface area contributed by atoms with Crippen molar-refractivity contribution in [3.05, 3.63) is 126 Å². The largest absolute Gasteiger partial charge is 0.497 e. The predicted octanol–water partition coefficient (Wildman–Crippen LogP) is 7.48. The van der Waals surface area contributed by atoms with Gasteiger partial charge in [-0.05, 0) is 123 Å². The van der Waals surface area contributed by atoms with Gasteiger partial charge >= 0.3 is 0 Å². The summed E-state index contributed by atoms with van der Waals surface area (Å²) in [6.07, 6.45) is 1.83. The number of nitrogens with zero attached hydrogens (tertiary/aromatic N) is 3. The first-order valence-corrected chi connectivity index (χ1v) is 14.1. The molecule has 0 radical (unpaired) electrons. The van der Waals surface area contributed by atoms with E-state index in [2.05, 4.69) is 46.8 Å². The molecule has 1 aliphatic heterocycles. The number of pyridine rings is 1. The Hall–Kier alpha value is -4.82. The summed E-state index contributed by atoms with van der Waals surface area (Å²) in [7, 11) is 3.33. The molecule has 42 heavy (non-hydrogen) atoms. The SMILES string of the molecule is COc1ccc(Oc2ccc(N3C(=S)N[C@@H](c4ccccn4)[C@H]3c3cc(C)n(-c4ccc(OC)cc4)c3C)cc2)cc1. The van der Waals surface area contributed by atoms with Crippen molar-refractivity contribution in [1.82, 2.24) is 14.9 Å². The van der Waals surface area contributed by atoms with Crippen LogP contribution in [0.2, 0.25) is 0 Å². The summed E-state index contributed by atoms with van der Waals surface area (Å²) in [5.41, 5.74) is 6.41. The van der Waals surface area contributed by atoms with Gasteiger partial charge in [0.25, 0.3) is 0 Å². The fourth-order valence-corrected chi connectivity index (χ4v) is 5.97. The number of anilines is 1. The molecule has 1 fully saturated rings. The van der Waals surface area contributed by atoms with Crippen molar-refractivity contribution in [3.63, 3.8) is 0 Å². The van der Waals surface area contributed by atoms with E-state index in [9.17, 15) is 0 Å². The van der Waals surface area contributed by atoms with Crippen LogP contribution in [-0.4, -0.2) is 28.9 Å². The van der Waals surface area contributed by atoms with E-state index in [4.69, 9.17) is 31.4 Å². The smallest absolute Gasteiger partial charge is 0.174 e. The van der Waals surface area contributed by atoms with Crippen LogP contribution in [0, 0.1) is 13.8 Å². The van der Waals surface area contributed by atoms with Gasteiger partial charge < -0.3 is 29.0 Å². The van der Waals surface area contributed by atoms with Crippen LogP contribution in [0.5, 0.6) is 23.0 Å². The molecule has 6 rings (SSSR count). The van der Waals surface area contributed by atoms with Crippen molar-refractivity contribution >= 4 is 23.0 Å². The van der Waals surface area contributed by atoms with Crippen molar-refractivity contribution < 1.29 is 14.2 Å². The second-order valence-corrected chi connectivity index (χ2v) is 10.5. The number of nitrogens with one attached hydrogen (secondary N) is 1. The van der Waals surface area contributed by atoms with Crippen LogP contribution >= 0.6 is 12.2 Å². The summed E-state index contributed by atoms with van der Waals surface area (Å²) in [5, 5.41) is 4.22. The van der Waals surface area contributed by atoms with Gasteiger partial charge in [-0.15, -0.1) is 0 Å². The molecule has 1 aliphatic rings. The third-order valence-corrected chi connectivity index (χ3v) is 7.94. The molecule has 0 aliphatic carbocycles. The summed E-state index contributed by atoms with van der Waals surface area (Å²) < 4.78 is 19.0. The number of ether oxygens (including phenoxy) is 3. The van der Waals surface area contributed by atoms with Crippen molar-refractivity contribution in [2.75, 3.05) is 19.1 Å². The van der Waals surface area contributed by atoms with E-state index in [-0.39, 0.29) is 12.1 Å². The van der Waals surface area contributed by atoms with E-state index in [1.165, 1.54) is 5.56 Å². The van der Waals surface area contributed by atoms with Crippen molar-refractivity contribution in [2.45, 2.75) is 25.9 Å². The van der Waals surface area contributed by atoms with Crippen molar-refractivity contribution in [1.29, 1.82) is 0 Å². The minimum Gasteiger partial charge on any atom is -0.497 e. The summed E-state index contributed by atoms with van der Waals surface area (Å²) in [5.74, 6) is 3.08. The topological polar surface area (TPSA) is 60.8 Å². The molecule has 1 saturated heterocycles. The lowest BCUT2D eigenvalue weighted by molar-refractivity contribution is 0.413. The molecule has 0 spiro atoms. The zero-order chi connectivity index (χ0) is 29.2. The molecule has 3 heterocycles. The summed E-state index contributed by atoms with van der Waals surface area (Å²) in [4.78, 5) is 6.90. The molecule has 1 N–H and O–H groups in total. The van der Waals surface area contributed by atoms with E-state index in [1.54, 1.807) is 14.2 Å². The van der Waals surface area contributed by atoms with Crippen molar-refractivity contribution in [2.24, 2.45) is 0 Å². The molecular formula is C34H32N4O3S. The van der Waals surface area contributed by atoms with Gasteiger partial charge in [0, 0.05) is 29.0 Å². The van der Waals surface area contributed by atoms with E-state index in [0.29, 0.717) is 5.11 Å². The second kappa shape index (κ2) is 11.6. The van der Waals surface area contributed by atoms with Gasteiger partial charge in [0.2, 0.25) is 0 Å². The molecule has 2 aromatic heterocycles. The van der Waals surface area contributed by atoms with Crippen LogP contribution in [0.3, 0.4) is 0 Å². The van der Waals surface area contributed by atoms with Gasteiger partial charge in [0.1, 0.15) is 23.0 Å². The second-order valence-electron chi connectivity index (χ2n) is 10.1. The Bertz CT molecular complexity index is 1680. The number of aryl methyl sites for hydroxylation is 1. The molecule has 7 nitrogen and oxygen atoms in total. The number of thiocarbonyl (C=S) groups is 1. The number of hydrogen-bond donors (Lipinski definition) is 1. The van der Waals surface area contributed by atoms with Gasteiger partial charge in [0.05, 0.1) is 32.0 Å². The highest BCUT2D eigenvalue weighted by Gasteiger charge is 2.42. The maximum Gasteiger partial charge on any atom is 0.174 e. The molecule has 5 aromatic rings. The number of hydrogen-bond acceptors (Lipinski definition) is 5. The van der Waals surface area contributed by atoms with E-state index in [0.717, 1.165) is 51.5 Å². The van der Waals surface area contributed by atoms with Crippen LogP contribution in [0.1, 0.15) is 34.7 Å². The van der Waals surface area contributed by atoms with Gasteiger partial charge in [-0.2, -0.15) is 0 Å². The van der Waals surface area contributed by atoms with Crippen LogP contribution in [-0.2, 0) is 0 Å². The molecular weight excluding hydrogens is 544 g/mol. The highest BCUT2D eigenvalue weighted by Crippen LogP contribution is 2.44. The molecule has 0 saturated carbocycles. The van der Waals surface area contributed by atoms with Gasteiger partial charge in [-0.1, -0.05) is 6.07 Å². The lowest BCUT2D eigenvalue weighted by Crippen LogP contribution is -2.29. The Balaban J connectivity index is 1.37. The Morgan fingerprint density at radius 3 is 1.90 bits per heavy atom. The molecule has 3 aromatic carbocycles. The van der Waals surface area contributed by atoms with Crippen LogP contribution in [0.15, 0.2) is 103 Å². The first-order valence-electron chi connectivity index (χ1n) is 13.7. The Morgan fingerprint density at radius 2 is 1.31 bits per heavy atom. The summed E-state index contributed by atoms with van der Waals surface area (Å²) in [6.45, 7) is 4.29. The fraction of sp³-hybridized carbons (Fsp3) is 0.176. The van der Waals surface area contributed by atoms with Crippen molar-refractivity contribution in [3.8, 4) is 28.7 Å². The standard InChI is InChI=1S/C34H32N4O3S/c1-22-21-30(23(2)37(22)24-8-12-26(39-3)13-9-24)33-32(31-7-5-6-20-35-31)36-34(42)38(33)25-10-14-28(15-11-25)41-29-18-16-27(40-4)17-19-29/h5-21,32-33H,1-4H3,(H,36,42)/t32-,33+/m0/s1. The number of benzene rings is 3. The maximum absolute atomic E-state index is 6.08. The number of rotatable bonds is 8. The minimum atomic E-state index is -0.140. The van der Waals surface area contributed by atoms with Gasteiger partial charge in [-0.25, -0.2) is 0 Å². The van der Waals surface area contributed by atoms with Crippen LogP contribution in [0.25, 0.3) is 5.69 Å². The first-order chi connectivity index (χ1) is 20.5. The lowest BCUT2D eigenvalue weighted by Gasteiger charge is -2.28. The van der Waals surface area contributed by atoms with Crippen LogP contribution in [0.4, 0.5) is 5.69 Å². The van der Waals surface area contributed by atoms with E-state index in [1.807, 2.05) is 85.1 Å². The van der Waals surface area contributed by atoms with Crippen LogP contribution < -0.4 is 24.4 Å². The quantitative estimate of drug-likeness (QED) is 0.192. The highest BCUT2D eigenvalue weighted by molar-refractivity contribution is 7.80. The predicted molar refractivity (Wildman–Crippen MR) is 169 cm³/mol. The fourth-order valence-electron chi connectivity index (χ4n) is 5.62. The third kappa shape index (κ3) is 5.17. The summed E-state index contributed by atoms with van der Waals surface area (Å²) in [6, 6.07) is 31.7. The van der Waals surface area contributed by atoms with E-state index < -0.39 is 0 Å². The van der Waals surface area contributed by atoms with Gasteiger partial charge in [-0.3, -0.25) is 4.98 Å². The Kier molecular flexibility index (Phi) is 7.54. The first kappa shape index (κ1) is 27.4. The lowest BCUT2D eigenvalue weighted by atomic mass is 9.96. The number of methoxy groups -OCH3 is 2. The molecule has 212 valence electrons. The highest BCUT2D eigenvalue weighted by atomic mass is 32.1. The average molecular weight is 577 g/mol. The average Bonchev–Trinajstić information content (AvgIpc) is 3.52. The van der Waals surface area contributed by atoms with Gasteiger partial charge in [0.15, 0.2) is 5.11 Å². The Labute approximate surface area is 251 Å².